The van der Waals surface area contributed by atoms with E-state index in [9.17, 15) is 13.2 Å². The molecule has 1 aliphatic carbocycles. The van der Waals surface area contributed by atoms with Crippen LogP contribution in [0.2, 0.25) is 0 Å². The predicted octanol–water partition coefficient (Wildman–Crippen LogP) is 3.91. The Kier molecular flexibility index (Phi) is 5.27. The average Bonchev–Trinajstić information content (AvgIpc) is 3.14. The van der Waals surface area contributed by atoms with Crippen LogP contribution in [0.15, 0.2) is 24.3 Å². The number of fused-ring (bicyclic) bond motifs is 1. The Bertz CT molecular complexity index is 971. The molecule has 150 valence electrons. The number of hydrogen-bond acceptors (Lipinski definition) is 4. The van der Waals surface area contributed by atoms with Crippen LogP contribution in [-0.4, -0.2) is 24.1 Å². The van der Waals surface area contributed by atoms with Crippen LogP contribution in [0.5, 0.6) is 0 Å². The second kappa shape index (κ2) is 7.70. The summed E-state index contributed by atoms with van der Waals surface area (Å²) in [4.78, 5) is 12.7. The molecule has 28 heavy (non-hydrogen) atoms. The molecule has 1 aromatic heterocycles. The van der Waals surface area contributed by atoms with Crippen molar-refractivity contribution in [3.05, 3.63) is 41.1 Å². The summed E-state index contributed by atoms with van der Waals surface area (Å²) >= 11 is 0. The van der Waals surface area contributed by atoms with Gasteiger partial charge in [0.05, 0.1) is 22.9 Å². The summed E-state index contributed by atoms with van der Waals surface area (Å²) in [5.41, 5.74) is 3.12. The van der Waals surface area contributed by atoms with E-state index in [-0.39, 0.29) is 17.4 Å². The van der Waals surface area contributed by atoms with Gasteiger partial charge in [-0.1, -0.05) is 49.8 Å². The number of nitrogens with one attached hydrogen (secondary N) is 1. The van der Waals surface area contributed by atoms with Gasteiger partial charge in [0.15, 0.2) is 9.84 Å². The molecule has 2 aliphatic rings. The maximum atomic E-state index is 12.7. The first-order valence-corrected chi connectivity index (χ1v) is 11.9. The highest BCUT2D eigenvalue weighted by Gasteiger charge is 2.33. The zero-order valence-electron chi connectivity index (χ0n) is 16.3. The number of carbonyl (C=O) groups is 1. The molecule has 0 saturated heterocycles. The molecule has 1 fully saturated rings. The van der Waals surface area contributed by atoms with Crippen LogP contribution in [0.1, 0.15) is 61.8 Å². The molecule has 0 radical (unpaired) electrons. The lowest BCUT2D eigenvalue weighted by Gasteiger charge is -2.21. The first kappa shape index (κ1) is 19.2. The molecule has 0 spiro atoms. The lowest BCUT2D eigenvalue weighted by Crippen LogP contribution is -2.18. The molecule has 4 rings (SSSR count). The summed E-state index contributed by atoms with van der Waals surface area (Å²) in [7, 11) is -3.18. The van der Waals surface area contributed by atoms with Crippen molar-refractivity contribution in [2.24, 2.45) is 5.92 Å². The highest BCUT2D eigenvalue weighted by atomic mass is 32.2. The van der Waals surface area contributed by atoms with Gasteiger partial charge in [-0.15, -0.1) is 0 Å². The fourth-order valence-corrected chi connectivity index (χ4v) is 5.74. The van der Waals surface area contributed by atoms with E-state index in [2.05, 4.69) is 10.4 Å². The van der Waals surface area contributed by atoms with Gasteiger partial charge >= 0.3 is 0 Å². The van der Waals surface area contributed by atoms with E-state index in [1.54, 1.807) is 4.68 Å². The topological polar surface area (TPSA) is 81.1 Å². The Hall–Kier alpha value is -2.15. The zero-order valence-corrected chi connectivity index (χ0v) is 17.1. The molecule has 1 aromatic carbocycles. The summed E-state index contributed by atoms with van der Waals surface area (Å²) in [6, 6.07) is 7.83. The van der Waals surface area contributed by atoms with E-state index in [1.807, 2.05) is 31.2 Å². The molecule has 0 atom stereocenters. The highest BCUT2D eigenvalue weighted by molar-refractivity contribution is 7.90. The summed E-state index contributed by atoms with van der Waals surface area (Å²) in [5, 5.41) is 7.49. The second-order valence-electron chi connectivity index (χ2n) is 8.14. The van der Waals surface area contributed by atoms with Crippen LogP contribution in [0.3, 0.4) is 0 Å². The smallest absolute Gasteiger partial charge is 0.225 e. The van der Waals surface area contributed by atoms with Crippen molar-refractivity contribution in [3.8, 4) is 5.69 Å². The van der Waals surface area contributed by atoms with Crippen molar-refractivity contribution < 1.29 is 13.2 Å². The lowest BCUT2D eigenvalue weighted by molar-refractivity contribution is -0.116. The fraction of sp³-hybridized carbons (Fsp3) is 0.524. The third kappa shape index (κ3) is 4.14. The van der Waals surface area contributed by atoms with Crippen molar-refractivity contribution in [1.29, 1.82) is 0 Å². The maximum Gasteiger partial charge on any atom is 0.225 e. The molecule has 6 nitrogen and oxygen atoms in total. The lowest BCUT2D eigenvalue weighted by atomic mass is 9.86. The van der Waals surface area contributed by atoms with Crippen molar-refractivity contribution >= 4 is 21.6 Å². The van der Waals surface area contributed by atoms with Gasteiger partial charge in [0, 0.05) is 12.0 Å². The maximum absolute atomic E-state index is 12.7. The summed E-state index contributed by atoms with van der Waals surface area (Å²) in [6.07, 6.45) is 7.61. The van der Waals surface area contributed by atoms with E-state index >= 15 is 0 Å². The van der Waals surface area contributed by atoms with Crippen molar-refractivity contribution in [2.75, 3.05) is 5.32 Å². The molecular weight excluding hydrogens is 374 g/mol. The molecule has 0 unspecified atom stereocenters. The van der Waals surface area contributed by atoms with Crippen LogP contribution in [0.25, 0.3) is 5.69 Å². The van der Waals surface area contributed by atoms with E-state index in [0.717, 1.165) is 17.7 Å². The molecule has 1 aliphatic heterocycles. The van der Waals surface area contributed by atoms with E-state index in [4.69, 9.17) is 0 Å². The van der Waals surface area contributed by atoms with Crippen LogP contribution in [0.4, 0.5) is 5.82 Å². The van der Waals surface area contributed by atoms with Crippen LogP contribution < -0.4 is 5.32 Å². The van der Waals surface area contributed by atoms with Gasteiger partial charge in [0.25, 0.3) is 0 Å². The van der Waals surface area contributed by atoms with Gasteiger partial charge in [0.2, 0.25) is 5.91 Å². The van der Waals surface area contributed by atoms with E-state index < -0.39 is 9.84 Å². The minimum Gasteiger partial charge on any atom is -0.310 e. The van der Waals surface area contributed by atoms with Crippen molar-refractivity contribution in [2.45, 2.75) is 63.4 Å². The predicted molar refractivity (Wildman–Crippen MR) is 109 cm³/mol. The molecular formula is C21H27N3O3S. The number of rotatable bonds is 5. The van der Waals surface area contributed by atoms with Crippen LogP contribution in [0, 0.1) is 12.8 Å². The quantitative estimate of drug-likeness (QED) is 0.824. The molecule has 7 heteroatoms. The Morgan fingerprint density at radius 2 is 1.86 bits per heavy atom. The minimum absolute atomic E-state index is 0.0631. The number of carbonyl (C=O) groups excluding carboxylic acids is 1. The Balaban J connectivity index is 1.56. The van der Waals surface area contributed by atoms with Gasteiger partial charge in [-0.2, -0.15) is 5.10 Å². The number of aryl methyl sites for hydroxylation is 1. The Labute approximate surface area is 166 Å². The molecule has 1 amide bonds. The van der Waals surface area contributed by atoms with Gasteiger partial charge < -0.3 is 5.32 Å². The first-order chi connectivity index (χ1) is 13.4. The van der Waals surface area contributed by atoms with Crippen LogP contribution >= 0.6 is 0 Å². The monoisotopic (exact) mass is 401 g/mol. The fourth-order valence-electron chi connectivity index (χ4n) is 4.25. The number of nitrogens with zero attached hydrogens (tertiary/aromatic N) is 2. The van der Waals surface area contributed by atoms with E-state index in [1.165, 1.54) is 32.1 Å². The number of hydrogen-bond donors (Lipinski definition) is 1. The molecule has 1 N–H and O–H groups in total. The number of aromatic nitrogens is 2. The first-order valence-electron chi connectivity index (χ1n) is 10.1. The van der Waals surface area contributed by atoms with Crippen LogP contribution in [-0.2, 0) is 26.1 Å². The minimum atomic E-state index is -3.18. The Morgan fingerprint density at radius 1 is 1.14 bits per heavy atom. The summed E-state index contributed by atoms with van der Waals surface area (Å²) in [6.45, 7) is 2.01. The van der Waals surface area contributed by atoms with Gasteiger partial charge in [-0.25, -0.2) is 13.1 Å². The van der Waals surface area contributed by atoms with Gasteiger partial charge in [-0.05, 0) is 31.4 Å². The molecule has 2 aromatic rings. The molecule has 2 heterocycles. The molecule has 1 saturated carbocycles. The summed E-state index contributed by atoms with van der Waals surface area (Å²) in [5.74, 6) is 0.950. The zero-order chi connectivity index (χ0) is 19.7. The standard InChI is InChI=1S/C21H27N3O3S/c1-15-7-10-17(11-8-15)24-21(18-13-28(26,27)14-19(18)23-24)22-20(25)12-9-16-5-3-2-4-6-16/h7-8,10-11,16H,2-6,9,12-14H2,1H3,(H,22,25). The Morgan fingerprint density at radius 3 is 2.57 bits per heavy atom. The van der Waals surface area contributed by atoms with Crippen molar-refractivity contribution in [3.63, 3.8) is 0 Å². The number of amides is 1. The summed E-state index contributed by atoms with van der Waals surface area (Å²) < 4.78 is 25.8. The largest absolute Gasteiger partial charge is 0.310 e. The second-order valence-corrected chi connectivity index (χ2v) is 10.2. The highest BCUT2D eigenvalue weighted by Crippen LogP contribution is 2.33. The van der Waals surface area contributed by atoms with Gasteiger partial charge in [-0.3, -0.25) is 4.79 Å². The van der Waals surface area contributed by atoms with Gasteiger partial charge in [0.1, 0.15) is 5.82 Å². The number of benzene rings is 1. The SMILES string of the molecule is Cc1ccc(-n2nc3c(c2NC(=O)CCC2CCCCC2)CS(=O)(=O)C3)cc1. The average molecular weight is 402 g/mol. The number of anilines is 1. The normalized spacial score (nSPS) is 18.8. The third-order valence-electron chi connectivity index (χ3n) is 5.83. The molecule has 0 bridgehead atoms. The van der Waals surface area contributed by atoms with E-state index in [0.29, 0.717) is 29.4 Å². The number of sulfone groups is 1. The third-order valence-corrected chi connectivity index (χ3v) is 7.27. The van der Waals surface area contributed by atoms with Crippen molar-refractivity contribution in [1.82, 2.24) is 9.78 Å².